The van der Waals surface area contributed by atoms with E-state index in [0.29, 0.717) is 53.5 Å². The Labute approximate surface area is 199 Å². The Morgan fingerprint density at radius 2 is 2.00 bits per heavy atom. The van der Waals surface area contributed by atoms with Crippen molar-refractivity contribution in [3.8, 4) is 6.01 Å². The van der Waals surface area contributed by atoms with E-state index in [1.807, 2.05) is 0 Å². The molecule has 1 atom stereocenters. The average molecular weight is 504 g/mol. The van der Waals surface area contributed by atoms with Gasteiger partial charge >= 0.3 is 6.01 Å². The van der Waals surface area contributed by atoms with E-state index in [-0.39, 0.29) is 28.0 Å². The Kier molecular flexibility index (Phi) is 6.15. The molecule has 13 heteroatoms. The van der Waals surface area contributed by atoms with E-state index < -0.39 is 15.7 Å². The molecule has 1 saturated carbocycles. The molecule has 2 aromatic heterocycles. The third-order valence-corrected chi connectivity index (χ3v) is 8.51. The van der Waals surface area contributed by atoms with Crippen LogP contribution < -0.4 is 10.1 Å². The Morgan fingerprint density at radius 3 is 2.68 bits per heavy atom. The minimum Gasteiger partial charge on any atom is -0.467 e. The van der Waals surface area contributed by atoms with Crippen molar-refractivity contribution < 1.29 is 27.5 Å². The van der Waals surface area contributed by atoms with E-state index in [2.05, 4.69) is 25.4 Å². The molecular formula is C21H21N5O6S2. The van der Waals surface area contributed by atoms with Crippen LogP contribution in [0.4, 0.5) is 5.13 Å². The first-order valence-corrected chi connectivity index (χ1v) is 12.9. The van der Waals surface area contributed by atoms with Crippen molar-refractivity contribution in [1.82, 2.24) is 15.0 Å². The molecule has 2 fully saturated rings. The third-order valence-electron chi connectivity index (χ3n) is 5.35. The molecule has 1 aliphatic carbocycles. The van der Waals surface area contributed by atoms with E-state index in [9.17, 15) is 13.2 Å². The number of carbonyl (C=O) groups is 1. The average Bonchev–Trinajstić information content (AvgIpc) is 3.44. The first-order chi connectivity index (χ1) is 16.4. The Bertz CT molecular complexity index is 1350. The molecule has 0 radical (unpaired) electrons. The number of ether oxygens (including phenoxy) is 2. The van der Waals surface area contributed by atoms with Gasteiger partial charge in [-0.3, -0.25) is 10.1 Å². The molecule has 0 spiro atoms. The van der Waals surface area contributed by atoms with Gasteiger partial charge in [0.05, 0.1) is 36.7 Å². The van der Waals surface area contributed by atoms with Gasteiger partial charge in [0.25, 0.3) is 5.91 Å². The number of fused-ring (bicyclic) bond motifs is 1. The van der Waals surface area contributed by atoms with Crippen molar-refractivity contribution in [2.24, 2.45) is 5.16 Å². The second kappa shape index (κ2) is 9.24. The number of aromatic nitrogens is 3. The van der Waals surface area contributed by atoms with Crippen molar-refractivity contribution in [2.75, 3.05) is 25.6 Å². The molecule has 1 saturated heterocycles. The Hall–Kier alpha value is -3.16. The van der Waals surface area contributed by atoms with Crippen molar-refractivity contribution in [2.45, 2.75) is 35.5 Å². The minimum absolute atomic E-state index is 0.00908. The van der Waals surface area contributed by atoms with E-state index in [4.69, 9.17) is 14.3 Å². The van der Waals surface area contributed by atoms with Gasteiger partial charge in [-0.05, 0) is 25.0 Å². The molecule has 1 aromatic carbocycles. The smallest absolute Gasteiger partial charge is 0.317 e. The molecule has 1 amide bonds. The summed E-state index contributed by atoms with van der Waals surface area (Å²) in [4.78, 5) is 32.0. The first kappa shape index (κ1) is 22.6. The standard InChI is InChI=1S/C21H21N5O6S2/c1-30-20-22-10-16-19(25-20)33-21(23-16)24-18(27)17(26-32-13-8-9-31-11-13)12-2-4-14(5-3-12)34(28,29)15-6-7-15/h2-5,10,13,15H,6-9,11H2,1H3,(H,23,24,27)/t13-/m1/s1. The van der Waals surface area contributed by atoms with Crippen molar-refractivity contribution in [1.29, 1.82) is 0 Å². The van der Waals surface area contributed by atoms with Crippen LogP contribution in [0.3, 0.4) is 0 Å². The highest BCUT2D eigenvalue weighted by molar-refractivity contribution is 7.92. The van der Waals surface area contributed by atoms with Gasteiger partial charge in [-0.1, -0.05) is 28.6 Å². The fraction of sp³-hybridized carbons (Fsp3) is 0.381. The molecule has 1 N–H and O–H groups in total. The summed E-state index contributed by atoms with van der Waals surface area (Å²) < 4.78 is 35.3. The number of amides is 1. The number of hydrogen-bond donors (Lipinski definition) is 1. The van der Waals surface area contributed by atoms with E-state index in [0.717, 1.165) is 11.3 Å². The van der Waals surface area contributed by atoms with Gasteiger partial charge in [0.1, 0.15) is 5.52 Å². The zero-order valence-corrected chi connectivity index (χ0v) is 19.8. The molecule has 3 aromatic rings. The summed E-state index contributed by atoms with van der Waals surface area (Å²) in [7, 11) is -1.88. The maximum atomic E-state index is 13.2. The highest BCUT2D eigenvalue weighted by Crippen LogP contribution is 2.33. The molecule has 0 unspecified atom stereocenters. The molecule has 0 bridgehead atoms. The summed E-state index contributed by atoms with van der Waals surface area (Å²) in [6.45, 7) is 0.945. The van der Waals surface area contributed by atoms with Crippen molar-refractivity contribution >= 4 is 48.3 Å². The summed E-state index contributed by atoms with van der Waals surface area (Å²) in [6, 6.07) is 6.28. The second-order valence-corrected chi connectivity index (χ2v) is 11.0. The lowest BCUT2D eigenvalue weighted by Gasteiger charge is -2.10. The maximum Gasteiger partial charge on any atom is 0.317 e. The molecule has 3 heterocycles. The minimum atomic E-state index is -3.34. The van der Waals surface area contributed by atoms with E-state index >= 15 is 0 Å². The molecule has 178 valence electrons. The molecule has 1 aliphatic heterocycles. The summed E-state index contributed by atoms with van der Waals surface area (Å²) in [6.07, 6.45) is 3.26. The number of nitrogens with one attached hydrogen (secondary N) is 1. The highest BCUT2D eigenvalue weighted by Gasteiger charge is 2.36. The second-order valence-electron chi connectivity index (χ2n) is 7.82. The Balaban J connectivity index is 1.41. The van der Waals surface area contributed by atoms with Crippen LogP contribution in [-0.2, 0) is 24.2 Å². The van der Waals surface area contributed by atoms with E-state index in [1.54, 1.807) is 12.1 Å². The van der Waals surface area contributed by atoms with E-state index in [1.165, 1.54) is 25.4 Å². The number of rotatable bonds is 8. The molecule has 5 rings (SSSR count). The number of methoxy groups -OCH3 is 1. The lowest BCUT2D eigenvalue weighted by atomic mass is 10.1. The number of benzene rings is 1. The van der Waals surface area contributed by atoms with Crippen molar-refractivity contribution in [3.05, 3.63) is 36.0 Å². The lowest BCUT2D eigenvalue weighted by Crippen LogP contribution is -2.25. The number of nitrogens with zero attached hydrogens (tertiary/aromatic N) is 4. The van der Waals surface area contributed by atoms with Gasteiger partial charge < -0.3 is 14.3 Å². The third kappa shape index (κ3) is 4.72. The molecule has 2 aliphatic rings. The van der Waals surface area contributed by atoms with Gasteiger partial charge in [0.2, 0.25) is 0 Å². The van der Waals surface area contributed by atoms with Gasteiger partial charge in [0.15, 0.2) is 31.6 Å². The summed E-state index contributed by atoms with van der Waals surface area (Å²) >= 11 is 1.16. The topological polar surface area (TPSA) is 142 Å². The van der Waals surface area contributed by atoms with Crippen LogP contribution in [0.2, 0.25) is 0 Å². The van der Waals surface area contributed by atoms with Crippen molar-refractivity contribution in [3.63, 3.8) is 0 Å². The number of oxime groups is 1. The fourth-order valence-electron chi connectivity index (χ4n) is 3.35. The highest BCUT2D eigenvalue weighted by atomic mass is 32.2. The van der Waals surface area contributed by atoms with Gasteiger partial charge in [-0.2, -0.15) is 4.98 Å². The number of hydrogen-bond acceptors (Lipinski definition) is 11. The van der Waals surface area contributed by atoms with Crippen LogP contribution in [0.25, 0.3) is 10.3 Å². The number of sulfone groups is 1. The molecular weight excluding hydrogens is 482 g/mol. The maximum absolute atomic E-state index is 13.2. The predicted molar refractivity (Wildman–Crippen MR) is 124 cm³/mol. The fourth-order valence-corrected chi connectivity index (χ4v) is 5.80. The predicted octanol–water partition coefficient (Wildman–Crippen LogP) is 2.18. The number of anilines is 1. The van der Waals surface area contributed by atoms with Crippen LogP contribution in [0, 0.1) is 0 Å². The quantitative estimate of drug-likeness (QED) is 0.361. The monoisotopic (exact) mass is 503 g/mol. The first-order valence-electron chi connectivity index (χ1n) is 10.6. The number of thiazole rings is 1. The van der Waals surface area contributed by atoms with Crippen LogP contribution in [0.15, 0.2) is 40.5 Å². The molecule has 11 nitrogen and oxygen atoms in total. The normalized spacial score (nSPS) is 18.7. The lowest BCUT2D eigenvalue weighted by molar-refractivity contribution is -0.110. The summed E-state index contributed by atoms with van der Waals surface area (Å²) in [5.74, 6) is -0.560. The van der Waals surface area contributed by atoms with Crippen LogP contribution >= 0.6 is 11.3 Å². The van der Waals surface area contributed by atoms with Crippen LogP contribution in [0.1, 0.15) is 24.8 Å². The Morgan fingerprint density at radius 1 is 1.21 bits per heavy atom. The summed E-state index contributed by atoms with van der Waals surface area (Å²) in [5.41, 5.74) is 0.910. The summed E-state index contributed by atoms with van der Waals surface area (Å²) in [5, 5.41) is 6.79. The number of carbonyl (C=O) groups excluding carboxylic acids is 1. The van der Waals surface area contributed by atoms with Gasteiger partial charge in [-0.25, -0.2) is 18.4 Å². The largest absolute Gasteiger partial charge is 0.467 e. The van der Waals surface area contributed by atoms with Gasteiger partial charge in [-0.15, -0.1) is 0 Å². The van der Waals surface area contributed by atoms with Crippen LogP contribution in [0.5, 0.6) is 6.01 Å². The molecule has 34 heavy (non-hydrogen) atoms. The SMILES string of the molecule is COc1ncc2nc(NC(=O)C(=NO[C@@H]3CCOC3)c3ccc(S(=O)(=O)C4CC4)cc3)sc2n1. The van der Waals surface area contributed by atoms with Gasteiger partial charge in [0, 0.05) is 12.0 Å². The van der Waals surface area contributed by atoms with Crippen LogP contribution in [-0.4, -0.2) is 66.7 Å². The zero-order chi connectivity index (χ0) is 23.7. The zero-order valence-electron chi connectivity index (χ0n) is 18.1.